The molecule has 3 heteroatoms. The molecule has 0 amide bonds. The molecule has 1 fully saturated rings. The Kier molecular flexibility index (Phi) is 4.48. The van der Waals surface area contributed by atoms with Gasteiger partial charge in [0.2, 0.25) is 0 Å². The van der Waals surface area contributed by atoms with Gasteiger partial charge in [-0.2, -0.15) is 0 Å². The van der Waals surface area contributed by atoms with Gasteiger partial charge in [-0.15, -0.1) is 0 Å². The van der Waals surface area contributed by atoms with Gasteiger partial charge in [0.05, 0.1) is 13.2 Å². The molecule has 1 N–H and O–H groups in total. The average Bonchev–Trinajstić information content (AvgIpc) is 2.58. The van der Waals surface area contributed by atoms with Crippen molar-refractivity contribution in [2.75, 3.05) is 7.11 Å². The Morgan fingerprint density at radius 2 is 2.36 bits per heavy atom. The molecular weight excluding hydrogens is 180 g/mol. The average molecular weight is 196 g/mol. The molecule has 0 radical (unpaired) electrons. The van der Waals surface area contributed by atoms with Crippen LogP contribution in [0, 0.1) is 17.8 Å². The molecule has 0 heterocycles. The van der Waals surface area contributed by atoms with Crippen LogP contribution < -0.4 is 0 Å². The van der Waals surface area contributed by atoms with Gasteiger partial charge in [0.1, 0.15) is 0 Å². The minimum absolute atomic E-state index is 0.157. The van der Waals surface area contributed by atoms with Crippen LogP contribution in [-0.2, 0) is 9.53 Å². The molecule has 1 rings (SSSR count). The normalized spacial score (nSPS) is 25.3. The van der Waals surface area contributed by atoms with Gasteiger partial charge >= 0.3 is 5.97 Å². The minimum Gasteiger partial charge on any atom is -0.459 e. The second kappa shape index (κ2) is 5.66. The molecule has 2 atom stereocenters. The number of esters is 1. The van der Waals surface area contributed by atoms with Crippen molar-refractivity contribution in [3.05, 3.63) is 0 Å². The largest absolute Gasteiger partial charge is 0.459 e. The third-order valence-electron chi connectivity index (χ3n) is 2.63. The molecule has 0 bridgehead atoms. The number of methoxy groups -OCH3 is 1. The molecule has 0 aliphatic heterocycles. The second-order valence-corrected chi connectivity index (χ2v) is 3.59. The van der Waals surface area contributed by atoms with Gasteiger partial charge in [-0.05, 0) is 25.2 Å². The summed E-state index contributed by atoms with van der Waals surface area (Å²) in [5, 5.41) is 9.50. The summed E-state index contributed by atoms with van der Waals surface area (Å²) in [4.78, 5) is 10.6. The SMILES string of the molecule is COC(=O)C#CCC[C@@H]1CCC[C@@H]1O. The number of carbonyl (C=O) groups is 1. The predicted molar refractivity (Wildman–Crippen MR) is 52.4 cm³/mol. The van der Waals surface area contributed by atoms with Crippen molar-refractivity contribution in [3.63, 3.8) is 0 Å². The van der Waals surface area contributed by atoms with Crippen LogP contribution in [0.4, 0.5) is 0 Å². The molecule has 1 saturated carbocycles. The highest BCUT2D eigenvalue weighted by molar-refractivity contribution is 5.88. The summed E-state index contributed by atoms with van der Waals surface area (Å²) in [7, 11) is 1.32. The Labute approximate surface area is 84.5 Å². The quantitative estimate of drug-likeness (QED) is 0.409. The van der Waals surface area contributed by atoms with E-state index >= 15 is 0 Å². The lowest BCUT2D eigenvalue weighted by atomic mass is 10.00. The van der Waals surface area contributed by atoms with Crippen LogP contribution in [-0.4, -0.2) is 24.3 Å². The van der Waals surface area contributed by atoms with Gasteiger partial charge < -0.3 is 9.84 Å². The van der Waals surface area contributed by atoms with Crippen LogP contribution in [0.3, 0.4) is 0 Å². The number of aliphatic hydroxyl groups is 1. The molecule has 0 aromatic carbocycles. The van der Waals surface area contributed by atoms with E-state index < -0.39 is 5.97 Å². The number of aliphatic hydroxyl groups excluding tert-OH is 1. The Bertz CT molecular complexity index is 249. The third-order valence-corrected chi connectivity index (χ3v) is 2.63. The molecule has 0 spiro atoms. The van der Waals surface area contributed by atoms with Crippen LogP contribution in [0.1, 0.15) is 32.1 Å². The molecule has 0 saturated heterocycles. The van der Waals surface area contributed by atoms with Crippen molar-refractivity contribution < 1.29 is 14.6 Å². The summed E-state index contributed by atoms with van der Waals surface area (Å²) in [6.07, 6.45) is 4.49. The first-order valence-electron chi connectivity index (χ1n) is 4.99. The van der Waals surface area contributed by atoms with E-state index in [4.69, 9.17) is 0 Å². The number of ether oxygens (including phenoxy) is 1. The van der Waals surface area contributed by atoms with Crippen molar-refractivity contribution >= 4 is 5.97 Å². The van der Waals surface area contributed by atoms with Crippen LogP contribution in [0.15, 0.2) is 0 Å². The van der Waals surface area contributed by atoms with Gasteiger partial charge in [0, 0.05) is 12.3 Å². The summed E-state index contributed by atoms with van der Waals surface area (Å²) < 4.78 is 4.38. The number of rotatable bonds is 2. The molecular formula is C11H16O3. The van der Waals surface area contributed by atoms with Gasteiger partial charge in [0.15, 0.2) is 0 Å². The Morgan fingerprint density at radius 1 is 1.57 bits per heavy atom. The lowest BCUT2D eigenvalue weighted by molar-refractivity contribution is -0.133. The van der Waals surface area contributed by atoms with Gasteiger partial charge in [0.25, 0.3) is 0 Å². The molecule has 3 nitrogen and oxygen atoms in total. The van der Waals surface area contributed by atoms with E-state index in [-0.39, 0.29) is 6.10 Å². The summed E-state index contributed by atoms with van der Waals surface area (Å²) in [6, 6.07) is 0. The first kappa shape index (κ1) is 11.1. The fourth-order valence-corrected chi connectivity index (χ4v) is 1.80. The van der Waals surface area contributed by atoms with E-state index in [9.17, 15) is 9.90 Å². The van der Waals surface area contributed by atoms with E-state index in [1.54, 1.807) is 0 Å². The highest BCUT2D eigenvalue weighted by Crippen LogP contribution is 2.28. The Morgan fingerprint density at radius 3 is 2.93 bits per heavy atom. The van der Waals surface area contributed by atoms with E-state index in [0.717, 1.165) is 25.7 Å². The van der Waals surface area contributed by atoms with Crippen LogP contribution in [0.5, 0.6) is 0 Å². The lowest BCUT2D eigenvalue weighted by Gasteiger charge is -2.11. The Hall–Kier alpha value is -1.01. The standard InChI is InChI=1S/C11H16O3/c1-14-11(13)8-3-2-5-9-6-4-7-10(9)12/h9-10,12H,2,4-7H2,1H3/t9-,10+/m1/s1. The fourth-order valence-electron chi connectivity index (χ4n) is 1.80. The number of hydrogen-bond acceptors (Lipinski definition) is 3. The second-order valence-electron chi connectivity index (χ2n) is 3.59. The summed E-state index contributed by atoms with van der Waals surface area (Å²) >= 11 is 0. The fraction of sp³-hybridized carbons (Fsp3) is 0.727. The maximum atomic E-state index is 10.6. The van der Waals surface area contributed by atoms with Crippen LogP contribution in [0.25, 0.3) is 0 Å². The highest BCUT2D eigenvalue weighted by atomic mass is 16.5. The van der Waals surface area contributed by atoms with Crippen molar-refractivity contribution in [3.8, 4) is 11.8 Å². The minimum atomic E-state index is -0.489. The van der Waals surface area contributed by atoms with Gasteiger partial charge in [-0.3, -0.25) is 0 Å². The van der Waals surface area contributed by atoms with Gasteiger partial charge in [-0.25, -0.2) is 4.79 Å². The van der Waals surface area contributed by atoms with Crippen molar-refractivity contribution in [1.82, 2.24) is 0 Å². The van der Waals surface area contributed by atoms with E-state index in [2.05, 4.69) is 16.6 Å². The maximum Gasteiger partial charge on any atom is 0.384 e. The predicted octanol–water partition coefficient (Wildman–Crippen LogP) is 1.10. The third kappa shape index (κ3) is 3.39. The first-order valence-corrected chi connectivity index (χ1v) is 4.99. The molecule has 1 aliphatic carbocycles. The summed E-state index contributed by atoms with van der Waals surface area (Å²) in [5.41, 5.74) is 0. The van der Waals surface area contributed by atoms with Gasteiger partial charge in [-0.1, -0.05) is 12.3 Å². The Balaban J connectivity index is 2.19. The monoisotopic (exact) mass is 196 g/mol. The number of hydrogen-bond donors (Lipinski definition) is 1. The van der Waals surface area contributed by atoms with Crippen molar-refractivity contribution in [1.29, 1.82) is 0 Å². The van der Waals surface area contributed by atoms with E-state index in [0.29, 0.717) is 12.3 Å². The van der Waals surface area contributed by atoms with Crippen molar-refractivity contribution in [2.24, 2.45) is 5.92 Å². The topological polar surface area (TPSA) is 46.5 Å². The van der Waals surface area contributed by atoms with Crippen LogP contribution in [0.2, 0.25) is 0 Å². The van der Waals surface area contributed by atoms with Crippen molar-refractivity contribution in [2.45, 2.75) is 38.2 Å². The molecule has 0 aromatic heterocycles. The zero-order valence-corrected chi connectivity index (χ0v) is 8.45. The summed E-state index contributed by atoms with van der Waals surface area (Å²) in [6.45, 7) is 0. The lowest BCUT2D eigenvalue weighted by Crippen LogP contribution is -2.12. The van der Waals surface area contributed by atoms with E-state index in [1.165, 1.54) is 7.11 Å². The van der Waals surface area contributed by atoms with E-state index in [1.807, 2.05) is 0 Å². The molecule has 0 unspecified atom stereocenters. The molecule has 1 aliphatic rings. The van der Waals surface area contributed by atoms with Crippen LogP contribution >= 0.6 is 0 Å². The summed E-state index contributed by atoms with van der Waals surface area (Å²) in [5.74, 6) is 5.01. The highest BCUT2D eigenvalue weighted by Gasteiger charge is 2.23. The zero-order valence-electron chi connectivity index (χ0n) is 8.45. The molecule has 14 heavy (non-hydrogen) atoms. The zero-order chi connectivity index (χ0) is 10.4. The molecule has 78 valence electrons. The number of carbonyl (C=O) groups excluding carboxylic acids is 1. The first-order chi connectivity index (χ1) is 6.74. The maximum absolute atomic E-state index is 10.6. The smallest absolute Gasteiger partial charge is 0.384 e. The molecule has 0 aromatic rings.